The molecule has 84 valence electrons. The molecule has 2 atom stereocenters. The predicted octanol–water partition coefficient (Wildman–Crippen LogP) is 0.918. The van der Waals surface area contributed by atoms with E-state index in [0.717, 1.165) is 11.4 Å². The van der Waals surface area contributed by atoms with Gasteiger partial charge < -0.3 is 15.7 Å². The van der Waals surface area contributed by atoms with Gasteiger partial charge in [0.2, 0.25) is 0 Å². The molecule has 0 aromatic carbocycles. The molecule has 1 aromatic heterocycles. The first-order valence-corrected chi connectivity index (χ1v) is 5.11. The predicted molar refractivity (Wildman–Crippen MR) is 61.8 cm³/mol. The molecule has 4 nitrogen and oxygen atoms in total. The van der Waals surface area contributed by atoms with Gasteiger partial charge in [0, 0.05) is 25.8 Å². The zero-order chi connectivity index (χ0) is 11.4. The molecule has 0 aliphatic heterocycles. The van der Waals surface area contributed by atoms with Gasteiger partial charge in [0.15, 0.2) is 0 Å². The van der Waals surface area contributed by atoms with Crippen LogP contribution in [-0.4, -0.2) is 29.8 Å². The van der Waals surface area contributed by atoms with Crippen LogP contribution in [0.25, 0.3) is 0 Å². The van der Waals surface area contributed by atoms with Crippen molar-refractivity contribution in [3.8, 4) is 0 Å². The van der Waals surface area contributed by atoms with Crippen LogP contribution in [0.15, 0.2) is 18.3 Å². The van der Waals surface area contributed by atoms with Crippen LogP contribution in [0, 0.1) is 0 Å². The zero-order valence-corrected chi connectivity index (χ0v) is 9.51. The Hall–Kier alpha value is -1.13. The average Bonchev–Trinajstić information content (AvgIpc) is 2.17. The molecule has 1 heterocycles. The molecule has 0 saturated carbocycles. The molecule has 0 fully saturated rings. The average molecular weight is 209 g/mol. The molecule has 0 spiro atoms. The maximum Gasteiger partial charge on any atom is 0.128 e. The topological polar surface area (TPSA) is 62.4 Å². The quantitative estimate of drug-likeness (QED) is 0.774. The zero-order valence-electron chi connectivity index (χ0n) is 9.51. The summed E-state index contributed by atoms with van der Waals surface area (Å²) in [6.07, 6.45) is 1.38. The number of likely N-dealkylation sites (N-methyl/N-ethyl adjacent to an activating group) is 1. The third kappa shape index (κ3) is 3.49. The Bertz CT molecular complexity index is 312. The number of hydrogen-bond acceptors (Lipinski definition) is 4. The van der Waals surface area contributed by atoms with Gasteiger partial charge in [0.1, 0.15) is 5.82 Å². The molecule has 0 amide bonds. The van der Waals surface area contributed by atoms with Gasteiger partial charge in [-0.15, -0.1) is 0 Å². The van der Waals surface area contributed by atoms with Crippen molar-refractivity contribution in [3.63, 3.8) is 0 Å². The Morgan fingerprint density at radius 2 is 2.20 bits per heavy atom. The maximum absolute atomic E-state index is 9.27. The molecule has 15 heavy (non-hydrogen) atoms. The molecule has 0 aliphatic carbocycles. The molecule has 4 heteroatoms. The molecule has 0 aliphatic rings. The molecule has 0 bridgehead atoms. The number of aliphatic hydroxyl groups is 1. The van der Waals surface area contributed by atoms with E-state index in [0.29, 0.717) is 6.54 Å². The maximum atomic E-state index is 9.27. The lowest BCUT2D eigenvalue weighted by Crippen LogP contribution is -2.27. The fourth-order valence-electron chi connectivity index (χ4n) is 1.42. The van der Waals surface area contributed by atoms with Crippen LogP contribution in [0.3, 0.4) is 0 Å². The van der Waals surface area contributed by atoms with Crippen molar-refractivity contribution in [3.05, 3.63) is 23.9 Å². The summed E-state index contributed by atoms with van der Waals surface area (Å²) in [5, 5.41) is 9.27. The lowest BCUT2D eigenvalue weighted by atomic mass is 10.1. The summed E-state index contributed by atoms with van der Waals surface area (Å²) in [7, 11) is 1.90. The third-order valence-electron chi connectivity index (χ3n) is 2.22. The van der Waals surface area contributed by atoms with E-state index in [1.807, 2.05) is 31.0 Å². The van der Waals surface area contributed by atoms with E-state index < -0.39 is 0 Å². The van der Waals surface area contributed by atoms with Crippen LogP contribution in [0.4, 0.5) is 5.82 Å². The smallest absolute Gasteiger partial charge is 0.128 e. The summed E-state index contributed by atoms with van der Waals surface area (Å²) in [6, 6.07) is 3.86. The standard InChI is InChI=1S/C11H19N3O/c1-8(15)7-14(3)11-6-10(9(2)12)4-5-13-11/h4-6,8-9,15H,7,12H2,1-3H3/t8?,9-/m0/s1. The first-order valence-electron chi connectivity index (χ1n) is 5.11. The van der Waals surface area contributed by atoms with Crippen LogP contribution < -0.4 is 10.6 Å². The second-order valence-electron chi connectivity index (χ2n) is 3.97. The van der Waals surface area contributed by atoms with E-state index in [1.165, 1.54) is 0 Å². The van der Waals surface area contributed by atoms with Gasteiger partial charge >= 0.3 is 0 Å². The molecule has 0 radical (unpaired) electrons. The normalized spacial score (nSPS) is 14.7. The summed E-state index contributed by atoms with van der Waals surface area (Å²) in [4.78, 5) is 6.15. The van der Waals surface area contributed by atoms with Crippen molar-refractivity contribution in [2.75, 3.05) is 18.5 Å². The molecule has 3 N–H and O–H groups in total. The highest BCUT2D eigenvalue weighted by atomic mass is 16.3. The van der Waals surface area contributed by atoms with Gasteiger partial charge in [-0.2, -0.15) is 0 Å². The van der Waals surface area contributed by atoms with E-state index in [4.69, 9.17) is 5.73 Å². The highest BCUT2D eigenvalue weighted by Crippen LogP contribution is 2.15. The summed E-state index contributed by atoms with van der Waals surface area (Å²) in [6.45, 7) is 4.26. The second kappa shape index (κ2) is 5.09. The minimum Gasteiger partial charge on any atom is -0.392 e. The van der Waals surface area contributed by atoms with Crippen molar-refractivity contribution in [1.82, 2.24) is 4.98 Å². The van der Waals surface area contributed by atoms with Crippen molar-refractivity contribution >= 4 is 5.82 Å². The van der Waals surface area contributed by atoms with Crippen LogP contribution >= 0.6 is 0 Å². The molecular formula is C11H19N3O. The van der Waals surface area contributed by atoms with Gasteiger partial charge in [-0.3, -0.25) is 0 Å². The van der Waals surface area contributed by atoms with Crippen LogP contribution in [0.5, 0.6) is 0 Å². The van der Waals surface area contributed by atoms with Crippen molar-refractivity contribution in [2.45, 2.75) is 26.0 Å². The van der Waals surface area contributed by atoms with E-state index >= 15 is 0 Å². The summed E-state index contributed by atoms with van der Waals surface area (Å²) < 4.78 is 0. The van der Waals surface area contributed by atoms with Crippen LogP contribution in [0.1, 0.15) is 25.5 Å². The summed E-state index contributed by atoms with van der Waals surface area (Å²) in [5.41, 5.74) is 6.84. The van der Waals surface area contributed by atoms with Gasteiger partial charge in [-0.25, -0.2) is 4.98 Å². The number of aliphatic hydroxyl groups excluding tert-OH is 1. The Labute approximate surface area is 90.7 Å². The fourth-order valence-corrected chi connectivity index (χ4v) is 1.42. The van der Waals surface area contributed by atoms with Gasteiger partial charge in [-0.1, -0.05) is 0 Å². The largest absolute Gasteiger partial charge is 0.392 e. The minimum atomic E-state index is -0.365. The highest BCUT2D eigenvalue weighted by molar-refractivity contribution is 5.40. The monoisotopic (exact) mass is 209 g/mol. The number of hydrogen-bond donors (Lipinski definition) is 2. The lowest BCUT2D eigenvalue weighted by molar-refractivity contribution is 0.201. The van der Waals surface area contributed by atoms with Gasteiger partial charge in [0.05, 0.1) is 6.10 Å². The Balaban J connectivity index is 2.80. The van der Waals surface area contributed by atoms with E-state index in [1.54, 1.807) is 13.1 Å². The number of rotatable bonds is 4. The number of nitrogens with zero attached hydrogens (tertiary/aromatic N) is 2. The van der Waals surface area contributed by atoms with Gasteiger partial charge in [0.25, 0.3) is 0 Å². The summed E-state index contributed by atoms with van der Waals surface area (Å²) >= 11 is 0. The Kier molecular flexibility index (Phi) is 4.05. The summed E-state index contributed by atoms with van der Waals surface area (Å²) in [5.74, 6) is 0.839. The van der Waals surface area contributed by atoms with Gasteiger partial charge in [-0.05, 0) is 31.5 Å². The number of aromatic nitrogens is 1. The first kappa shape index (κ1) is 11.9. The second-order valence-corrected chi connectivity index (χ2v) is 3.97. The van der Waals surface area contributed by atoms with E-state index in [-0.39, 0.29) is 12.1 Å². The van der Waals surface area contributed by atoms with Crippen molar-refractivity contribution in [1.29, 1.82) is 0 Å². The number of pyridine rings is 1. The first-order chi connectivity index (χ1) is 7.00. The molecule has 0 saturated heterocycles. The van der Waals surface area contributed by atoms with E-state index in [2.05, 4.69) is 4.98 Å². The van der Waals surface area contributed by atoms with E-state index in [9.17, 15) is 5.11 Å². The van der Waals surface area contributed by atoms with Crippen molar-refractivity contribution < 1.29 is 5.11 Å². The third-order valence-corrected chi connectivity index (χ3v) is 2.22. The number of anilines is 1. The van der Waals surface area contributed by atoms with Crippen molar-refractivity contribution in [2.24, 2.45) is 5.73 Å². The molecular weight excluding hydrogens is 190 g/mol. The molecule has 1 aromatic rings. The minimum absolute atomic E-state index is 0.00620. The van der Waals surface area contributed by atoms with Crippen LogP contribution in [-0.2, 0) is 0 Å². The molecule has 1 unspecified atom stereocenters. The number of nitrogens with two attached hydrogens (primary N) is 1. The molecule has 1 rings (SSSR count). The fraction of sp³-hybridized carbons (Fsp3) is 0.545. The van der Waals surface area contributed by atoms with Crippen LogP contribution in [0.2, 0.25) is 0 Å². The Morgan fingerprint density at radius 3 is 2.73 bits per heavy atom. The highest BCUT2D eigenvalue weighted by Gasteiger charge is 2.07. The SMILES string of the molecule is CC(O)CN(C)c1cc([C@H](C)N)ccn1. The lowest BCUT2D eigenvalue weighted by Gasteiger charge is -2.20. The Morgan fingerprint density at radius 1 is 1.53 bits per heavy atom.